The number of hydrogen-bond acceptors (Lipinski definition) is 3. The lowest BCUT2D eigenvalue weighted by molar-refractivity contribution is -0.136. The molecule has 0 aromatic heterocycles. The lowest BCUT2D eigenvalue weighted by Crippen LogP contribution is -2.45. The Bertz CT molecular complexity index is 519. The second kappa shape index (κ2) is 5.88. The van der Waals surface area contributed by atoms with Crippen LogP contribution in [0.4, 0.5) is 4.79 Å². The molecule has 4 nitrogen and oxygen atoms in total. The van der Waals surface area contributed by atoms with E-state index in [4.69, 9.17) is 4.74 Å². The zero-order valence-electron chi connectivity index (χ0n) is 13.1. The SMILES string of the molecule is C[C@H](C(=O)N1C(=O)OCC1Cc1ccccc1)C(C)(C)C. The molecule has 1 aromatic rings. The number of cyclic esters (lactones) is 1. The smallest absolute Gasteiger partial charge is 0.416 e. The maximum Gasteiger partial charge on any atom is 0.416 e. The van der Waals surface area contributed by atoms with Crippen LogP contribution in [0.25, 0.3) is 0 Å². The van der Waals surface area contributed by atoms with E-state index < -0.39 is 6.09 Å². The van der Waals surface area contributed by atoms with Crippen molar-refractivity contribution in [1.82, 2.24) is 4.90 Å². The van der Waals surface area contributed by atoms with Crippen molar-refractivity contribution in [3.63, 3.8) is 0 Å². The number of imide groups is 1. The highest BCUT2D eigenvalue weighted by atomic mass is 16.6. The summed E-state index contributed by atoms with van der Waals surface area (Å²) in [6, 6.07) is 9.65. The van der Waals surface area contributed by atoms with E-state index in [1.807, 2.05) is 58.0 Å². The number of nitrogens with zero attached hydrogens (tertiary/aromatic N) is 1. The first kappa shape index (κ1) is 15.5. The molecule has 0 spiro atoms. The Balaban J connectivity index is 2.15. The molecule has 1 heterocycles. The summed E-state index contributed by atoms with van der Waals surface area (Å²) in [5.41, 5.74) is 0.916. The van der Waals surface area contributed by atoms with Crippen LogP contribution >= 0.6 is 0 Å². The van der Waals surface area contributed by atoms with Gasteiger partial charge in [-0.1, -0.05) is 58.0 Å². The van der Waals surface area contributed by atoms with E-state index in [9.17, 15) is 9.59 Å². The molecule has 1 unspecified atom stereocenters. The molecule has 21 heavy (non-hydrogen) atoms. The van der Waals surface area contributed by atoms with Gasteiger partial charge in [0.1, 0.15) is 6.61 Å². The third kappa shape index (κ3) is 3.43. The fourth-order valence-corrected chi connectivity index (χ4v) is 2.35. The topological polar surface area (TPSA) is 46.6 Å². The van der Waals surface area contributed by atoms with Gasteiger partial charge in [-0.15, -0.1) is 0 Å². The van der Waals surface area contributed by atoms with Gasteiger partial charge >= 0.3 is 6.09 Å². The van der Waals surface area contributed by atoms with Crippen molar-refractivity contribution < 1.29 is 14.3 Å². The van der Waals surface area contributed by atoms with Crippen LogP contribution in [0, 0.1) is 11.3 Å². The quantitative estimate of drug-likeness (QED) is 0.858. The molecular formula is C17H23NO3. The Morgan fingerprint density at radius 2 is 1.95 bits per heavy atom. The highest BCUT2D eigenvalue weighted by Gasteiger charge is 2.42. The van der Waals surface area contributed by atoms with Crippen molar-refractivity contribution in [3.05, 3.63) is 35.9 Å². The largest absolute Gasteiger partial charge is 0.447 e. The number of carbonyl (C=O) groups excluding carboxylic acids is 2. The van der Waals surface area contributed by atoms with Crippen molar-refractivity contribution in [1.29, 1.82) is 0 Å². The lowest BCUT2D eigenvalue weighted by atomic mass is 9.81. The summed E-state index contributed by atoms with van der Waals surface area (Å²) in [6.45, 7) is 8.15. The molecule has 1 aliphatic rings. The fourth-order valence-electron chi connectivity index (χ4n) is 2.35. The van der Waals surface area contributed by atoms with Crippen molar-refractivity contribution in [2.75, 3.05) is 6.61 Å². The predicted molar refractivity (Wildman–Crippen MR) is 80.7 cm³/mol. The van der Waals surface area contributed by atoms with Crippen LogP contribution in [-0.4, -0.2) is 29.5 Å². The number of hydrogen-bond donors (Lipinski definition) is 0. The Morgan fingerprint density at radius 1 is 1.33 bits per heavy atom. The molecule has 1 fully saturated rings. The third-order valence-corrected chi connectivity index (χ3v) is 4.18. The third-order valence-electron chi connectivity index (χ3n) is 4.18. The molecule has 0 N–H and O–H groups in total. The first-order chi connectivity index (χ1) is 9.80. The summed E-state index contributed by atoms with van der Waals surface area (Å²) in [4.78, 5) is 25.9. The lowest BCUT2D eigenvalue weighted by Gasteiger charge is -2.30. The van der Waals surface area contributed by atoms with Crippen LogP contribution < -0.4 is 0 Å². The Kier molecular flexibility index (Phi) is 4.35. The molecular weight excluding hydrogens is 266 g/mol. The van der Waals surface area contributed by atoms with Gasteiger partial charge in [-0.3, -0.25) is 4.79 Å². The van der Waals surface area contributed by atoms with Crippen LogP contribution in [0.5, 0.6) is 0 Å². The van der Waals surface area contributed by atoms with Gasteiger partial charge < -0.3 is 4.74 Å². The zero-order valence-corrected chi connectivity index (χ0v) is 13.1. The molecule has 0 aliphatic carbocycles. The van der Waals surface area contributed by atoms with Gasteiger partial charge in [0, 0.05) is 5.92 Å². The van der Waals surface area contributed by atoms with Gasteiger partial charge in [-0.2, -0.15) is 0 Å². The minimum atomic E-state index is -0.517. The van der Waals surface area contributed by atoms with Gasteiger partial charge in [0.15, 0.2) is 0 Å². The molecule has 2 rings (SSSR count). The van der Waals surface area contributed by atoms with E-state index in [2.05, 4.69) is 0 Å². The summed E-state index contributed by atoms with van der Waals surface area (Å²) < 4.78 is 5.10. The zero-order chi connectivity index (χ0) is 15.6. The minimum Gasteiger partial charge on any atom is -0.447 e. The van der Waals surface area contributed by atoms with Gasteiger partial charge in [-0.25, -0.2) is 9.69 Å². The van der Waals surface area contributed by atoms with E-state index in [0.717, 1.165) is 5.56 Å². The predicted octanol–water partition coefficient (Wildman–Crippen LogP) is 3.26. The average Bonchev–Trinajstić information content (AvgIpc) is 2.78. The number of carbonyl (C=O) groups is 2. The molecule has 4 heteroatoms. The standard InChI is InChI=1S/C17H23NO3/c1-12(17(2,3)4)15(19)18-14(11-21-16(18)20)10-13-8-6-5-7-9-13/h5-9,12,14H,10-11H2,1-4H3/t12-,14?/m1/s1. The average molecular weight is 289 g/mol. The van der Waals surface area contributed by atoms with Crippen molar-refractivity contribution >= 4 is 12.0 Å². The van der Waals surface area contributed by atoms with E-state index in [1.165, 1.54) is 4.90 Å². The Morgan fingerprint density at radius 3 is 2.52 bits per heavy atom. The highest BCUT2D eigenvalue weighted by Crippen LogP contribution is 2.29. The normalized spacial score (nSPS) is 20.3. The second-order valence-electron chi connectivity index (χ2n) is 6.72. The molecule has 0 bridgehead atoms. The number of rotatable bonds is 3. The summed E-state index contributed by atoms with van der Waals surface area (Å²) in [5, 5.41) is 0. The number of ether oxygens (including phenoxy) is 1. The van der Waals surface area contributed by atoms with Gasteiger partial charge in [0.05, 0.1) is 6.04 Å². The van der Waals surface area contributed by atoms with Crippen LogP contribution in [-0.2, 0) is 16.0 Å². The fraction of sp³-hybridized carbons (Fsp3) is 0.529. The maximum atomic E-state index is 12.6. The van der Waals surface area contributed by atoms with Crippen LogP contribution in [0.2, 0.25) is 0 Å². The van der Waals surface area contributed by atoms with E-state index >= 15 is 0 Å². The van der Waals surface area contributed by atoms with Crippen molar-refractivity contribution in [2.45, 2.75) is 40.2 Å². The summed E-state index contributed by atoms with van der Waals surface area (Å²) in [5.74, 6) is -0.382. The molecule has 0 radical (unpaired) electrons. The molecule has 2 atom stereocenters. The molecule has 0 saturated carbocycles. The molecule has 1 aliphatic heterocycles. The monoisotopic (exact) mass is 289 g/mol. The molecule has 1 aromatic carbocycles. The van der Waals surface area contributed by atoms with Crippen LogP contribution in [0.3, 0.4) is 0 Å². The van der Waals surface area contributed by atoms with Crippen molar-refractivity contribution in [3.8, 4) is 0 Å². The van der Waals surface area contributed by atoms with E-state index in [-0.39, 0.29) is 29.9 Å². The number of amides is 2. The first-order valence-electron chi connectivity index (χ1n) is 7.34. The molecule has 1 saturated heterocycles. The molecule has 2 amide bonds. The molecule has 114 valence electrons. The second-order valence-corrected chi connectivity index (χ2v) is 6.72. The van der Waals surface area contributed by atoms with Crippen LogP contribution in [0.15, 0.2) is 30.3 Å². The Hall–Kier alpha value is -1.84. The first-order valence-corrected chi connectivity index (χ1v) is 7.34. The highest BCUT2D eigenvalue weighted by molar-refractivity contribution is 5.95. The van der Waals surface area contributed by atoms with Crippen LogP contribution in [0.1, 0.15) is 33.3 Å². The van der Waals surface area contributed by atoms with Gasteiger partial charge in [0.2, 0.25) is 5.91 Å². The van der Waals surface area contributed by atoms with E-state index in [0.29, 0.717) is 6.42 Å². The Labute approximate surface area is 126 Å². The summed E-state index contributed by atoms with van der Waals surface area (Å²) in [6.07, 6.45) is 0.117. The summed E-state index contributed by atoms with van der Waals surface area (Å²) >= 11 is 0. The van der Waals surface area contributed by atoms with E-state index in [1.54, 1.807) is 0 Å². The minimum absolute atomic E-state index is 0.147. The van der Waals surface area contributed by atoms with Gasteiger partial charge in [0.25, 0.3) is 0 Å². The van der Waals surface area contributed by atoms with Crippen molar-refractivity contribution in [2.24, 2.45) is 11.3 Å². The summed E-state index contributed by atoms with van der Waals surface area (Å²) in [7, 11) is 0. The maximum absolute atomic E-state index is 12.6. The van der Waals surface area contributed by atoms with Gasteiger partial charge in [-0.05, 0) is 17.4 Å². The number of benzene rings is 1.